The molecule has 0 fully saturated rings. The van der Waals surface area contributed by atoms with E-state index in [1.54, 1.807) is 22.5 Å². The van der Waals surface area contributed by atoms with Crippen LogP contribution in [-0.4, -0.2) is 0 Å². The normalized spacial score (nSPS) is 13.8. The quantitative estimate of drug-likeness (QED) is 0.885. The summed E-state index contributed by atoms with van der Waals surface area (Å²) in [5.74, 6) is 0. The summed E-state index contributed by atoms with van der Waals surface area (Å²) >= 11 is 5.29. The molecule has 0 saturated heterocycles. The van der Waals surface area contributed by atoms with Gasteiger partial charge in [-0.1, -0.05) is 18.2 Å². The van der Waals surface area contributed by atoms with Gasteiger partial charge in [0.15, 0.2) is 0 Å². The van der Waals surface area contributed by atoms with Crippen molar-refractivity contribution in [2.24, 2.45) is 0 Å². The lowest BCUT2D eigenvalue weighted by Crippen LogP contribution is -2.11. The van der Waals surface area contributed by atoms with Crippen LogP contribution in [0.1, 0.15) is 28.0 Å². The number of aryl methyl sites for hydroxylation is 2. The van der Waals surface area contributed by atoms with E-state index in [1.807, 2.05) is 0 Å². The van der Waals surface area contributed by atoms with Gasteiger partial charge in [-0.15, -0.1) is 11.3 Å². The van der Waals surface area contributed by atoms with E-state index in [-0.39, 0.29) is 0 Å². The Bertz CT molecular complexity index is 547. The summed E-state index contributed by atoms with van der Waals surface area (Å²) in [5, 5.41) is 3.51. The molecule has 1 aromatic heterocycles. The molecule has 0 amide bonds. The third-order valence-electron chi connectivity index (χ3n) is 3.42. The van der Waals surface area contributed by atoms with Gasteiger partial charge >= 0.3 is 0 Å². The topological polar surface area (TPSA) is 12.0 Å². The molecular formula is C15H16BrNS. The summed E-state index contributed by atoms with van der Waals surface area (Å²) in [5.41, 5.74) is 4.53. The first-order valence-corrected chi connectivity index (χ1v) is 7.98. The Kier molecular flexibility index (Phi) is 3.83. The lowest BCUT2D eigenvalue weighted by molar-refractivity contribution is 0.700. The molecule has 1 aromatic carbocycles. The summed E-state index contributed by atoms with van der Waals surface area (Å²) in [6.45, 7) is 1.91. The van der Waals surface area contributed by atoms with Crippen molar-refractivity contribution >= 4 is 27.3 Å². The van der Waals surface area contributed by atoms with Crippen molar-refractivity contribution in [2.45, 2.75) is 32.4 Å². The van der Waals surface area contributed by atoms with Gasteiger partial charge in [0.05, 0.1) is 3.79 Å². The molecule has 0 bridgehead atoms. The third-order valence-corrected chi connectivity index (χ3v) is 5.04. The van der Waals surface area contributed by atoms with Gasteiger partial charge in [0.25, 0.3) is 0 Å². The van der Waals surface area contributed by atoms with E-state index < -0.39 is 0 Å². The Morgan fingerprint density at radius 3 is 2.78 bits per heavy atom. The molecule has 94 valence electrons. The minimum atomic E-state index is 0.952. The van der Waals surface area contributed by atoms with Crippen LogP contribution in [0.4, 0.5) is 0 Å². The summed E-state index contributed by atoms with van der Waals surface area (Å²) < 4.78 is 1.21. The molecule has 1 aliphatic carbocycles. The molecule has 0 atom stereocenters. The fourth-order valence-electron chi connectivity index (χ4n) is 2.51. The van der Waals surface area contributed by atoms with E-state index in [1.165, 1.54) is 33.5 Å². The Morgan fingerprint density at radius 1 is 1.06 bits per heavy atom. The summed E-state index contributed by atoms with van der Waals surface area (Å²) in [4.78, 5) is 1.38. The Labute approximate surface area is 120 Å². The van der Waals surface area contributed by atoms with Gasteiger partial charge in [0.1, 0.15) is 0 Å². The lowest BCUT2D eigenvalue weighted by Gasteiger charge is -2.06. The van der Waals surface area contributed by atoms with Crippen molar-refractivity contribution in [2.75, 3.05) is 0 Å². The number of hydrogen-bond acceptors (Lipinski definition) is 2. The first kappa shape index (κ1) is 12.4. The molecule has 1 aliphatic rings. The molecule has 0 radical (unpaired) electrons. The van der Waals surface area contributed by atoms with E-state index in [9.17, 15) is 0 Å². The van der Waals surface area contributed by atoms with Gasteiger partial charge in [-0.3, -0.25) is 0 Å². The predicted octanol–water partition coefficient (Wildman–Crippen LogP) is 4.29. The summed E-state index contributed by atoms with van der Waals surface area (Å²) in [7, 11) is 0. The molecule has 3 rings (SSSR count). The van der Waals surface area contributed by atoms with Crippen LogP contribution in [0, 0.1) is 0 Å². The number of halogens is 1. The Morgan fingerprint density at radius 2 is 1.94 bits per heavy atom. The van der Waals surface area contributed by atoms with Crippen LogP contribution in [0.15, 0.2) is 34.1 Å². The maximum absolute atomic E-state index is 3.51. The zero-order valence-corrected chi connectivity index (χ0v) is 12.6. The van der Waals surface area contributed by atoms with Crippen molar-refractivity contribution in [3.05, 3.63) is 55.7 Å². The summed E-state index contributed by atoms with van der Waals surface area (Å²) in [6.07, 6.45) is 3.86. The molecule has 1 heterocycles. The van der Waals surface area contributed by atoms with Crippen LogP contribution in [-0.2, 0) is 25.9 Å². The number of fused-ring (bicyclic) bond motifs is 1. The second kappa shape index (κ2) is 5.55. The first-order valence-electron chi connectivity index (χ1n) is 6.37. The van der Waals surface area contributed by atoms with Crippen molar-refractivity contribution in [3.8, 4) is 0 Å². The number of benzene rings is 1. The van der Waals surface area contributed by atoms with Crippen molar-refractivity contribution in [3.63, 3.8) is 0 Å². The fraction of sp³-hybridized carbons (Fsp3) is 0.333. The van der Waals surface area contributed by atoms with E-state index >= 15 is 0 Å². The molecule has 0 aliphatic heterocycles. The average molecular weight is 322 g/mol. The number of nitrogens with one attached hydrogen (secondary N) is 1. The number of hydrogen-bond donors (Lipinski definition) is 1. The largest absolute Gasteiger partial charge is 0.308 e. The van der Waals surface area contributed by atoms with Gasteiger partial charge in [0.2, 0.25) is 0 Å². The fourth-order valence-corrected chi connectivity index (χ4v) is 3.96. The van der Waals surface area contributed by atoms with Gasteiger partial charge in [0, 0.05) is 18.0 Å². The first-order chi connectivity index (χ1) is 8.81. The monoisotopic (exact) mass is 321 g/mol. The zero-order chi connectivity index (χ0) is 12.4. The van der Waals surface area contributed by atoms with Crippen molar-refractivity contribution < 1.29 is 0 Å². The highest BCUT2D eigenvalue weighted by atomic mass is 79.9. The van der Waals surface area contributed by atoms with Crippen LogP contribution >= 0.6 is 27.3 Å². The van der Waals surface area contributed by atoms with Crippen LogP contribution in [0.25, 0.3) is 0 Å². The second-order valence-electron chi connectivity index (χ2n) is 4.77. The highest BCUT2D eigenvalue weighted by Gasteiger charge is 2.10. The van der Waals surface area contributed by atoms with Gasteiger partial charge in [-0.25, -0.2) is 0 Å². The van der Waals surface area contributed by atoms with E-state index in [0.717, 1.165) is 13.1 Å². The van der Waals surface area contributed by atoms with Gasteiger partial charge < -0.3 is 5.32 Å². The van der Waals surface area contributed by atoms with Crippen LogP contribution in [0.5, 0.6) is 0 Å². The SMILES string of the molecule is Brc1ccc(CNCc2ccc3c(c2)CCC3)s1. The second-order valence-corrected chi connectivity index (χ2v) is 7.31. The van der Waals surface area contributed by atoms with E-state index in [0.29, 0.717) is 0 Å². The van der Waals surface area contributed by atoms with Crippen LogP contribution in [0.2, 0.25) is 0 Å². The lowest BCUT2D eigenvalue weighted by atomic mass is 10.1. The van der Waals surface area contributed by atoms with Gasteiger partial charge in [-0.05, 0) is 64.0 Å². The maximum atomic E-state index is 3.51. The number of rotatable bonds is 4. The maximum Gasteiger partial charge on any atom is 0.0701 e. The van der Waals surface area contributed by atoms with Crippen LogP contribution in [0.3, 0.4) is 0 Å². The average Bonchev–Trinajstić information content (AvgIpc) is 2.97. The minimum Gasteiger partial charge on any atom is -0.308 e. The van der Waals surface area contributed by atoms with Crippen LogP contribution < -0.4 is 5.32 Å². The van der Waals surface area contributed by atoms with E-state index in [4.69, 9.17) is 0 Å². The minimum absolute atomic E-state index is 0.952. The molecule has 1 nitrogen and oxygen atoms in total. The molecule has 0 spiro atoms. The molecule has 18 heavy (non-hydrogen) atoms. The van der Waals surface area contributed by atoms with Gasteiger partial charge in [-0.2, -0.15) is 0 Å². The highest BCUT2D eigenvalue weighted by molar-refractivity contribution is 9.11. The molecule has 1 N–H and O–H groups in total. The Hall–Kier alpha value is -0.640. The predicted molar refractivity (Wildman–Crippen MR) is 81.0 cm³/mol. The summed E-state index contributed by atoms with van der Waals surface area (Å²) in [6, 6.07) is 11.2. The smallest absolute Gasteiger partial charge is 0.0701 e. The van der Waals surface area contributed by atoms with E-state index in [2.05, 4.69) is 51.6 Å². The highest BCUT2D eigenvalue weighted by Crippen LogP contribution is 2.23. The molecule has 0 unspecified atom stereocenters. The molecule has 0 saturated carbocycles. The standard InChI is InChI=1S/C15H16BrNS/c16-15-7-6-14(18-15)10-17-9-11-4-5-12-2-1-3-13(12)8-11/h4-8,17H,1-3,9-10H2. The molecule has 3 heteroatoms. The number of thiophene rings is 1. The molecular weight excluding hydrogens is 306 g/mol. The van der Waals surface area contributed by atoms with Crippen molar-refractivity contribution in [1.82, 2.24) is 5.32 Å². The van der Waals surface area contributed by atoms with Crippen molar-refractivity contribution in [1.29, 1.82) is 0 Å². The zero-order valence-electron chi connectivity index (χ0n) is 10.2. The molecule has 2 aromatic rings. The Balaban J connectivity index is 1.57. The third kappa shape index (κ3) is 2.85.